The van der Waals surface area contributed by atoms with Crippen LogP contribution in [0.3, 0.4) is 0 Å². The minimum Gasteiger partial charge on any atom is -0.206 e. The Morgan fingerprint density at radius 3 is 1.96 bits per heavy atom. The lowest BCUT2D eigenvalue weighted by Crippen LogP contribution is -2.17. The van der Waals surface area contributed by atoms with Crippen LogP contribution in [0.2, 0.25) is 0 Å². The molecule has 2 fully saturated rings. The van der Waals surface area contributed by atoms with Gasteiger partial charge in [-0.2, -0.15) is 0 Å². The highest BCUT2D eigenvalue weighted by molar-refractivity contribution is 5.36. The molecule has 1 aromatic rings. The van der Waals surface area contributed by atoms with Gasteiger partial charge in [-0.25, -0.2) is 13.2 Å². The second-order valence-electron chi connectivity index (χ2n) is 8.92. The van der Waals surface area contributed by atoms with Crippen LogP contribution in [0.4, 0.5) is 13.2 Å². The zero-order chi connectivity index (χ0) is 18.7. The Morgan fingerprint density at radius 1 is 0.885 bits per heavy atom. The van der Waals surface area contributed by atoms with E-state index in [1.54, 1.807) is 19.1 Å². The third kappa shape index (κ3) is 4.64. The number of rotatable bonds is 5. The van der Waals surface area contributed by atoms with E-state index < -0.39 is 17.8 Å². The first-order chi connectivity index (χ1) is 12.5. The Labute approximate surface area is 156 Å². The number of benzene rings is 1. The molecule has 0 aromatic heterocycles. The standard InChI is InChI=1S/C23H33F3/c1-15-3-6-17(7-4-15)8-9-18-10-12-19(13-11-18)20-14-5-16(2)21(22(20)24)23(25)26/h5,14-15,17-19,23H,3-4,6-13H2,1-2H3. The van der Waals surface area contributed by atoms with Crippen molar-refractivity contribution in [3.05, 3.63) is 34.6 Å². The lowest BCUT2D eigenvalue weighted by atomic mass is 9.74. The van der Waals surface area contributed by atoms with Crippen LogP contribution in [0.25, 0.3) is 0 Å². The lowest BCUT2D eigenvalue weighted by Gasteiger charge is -2.32. The van der Waals surface area contributed by atoms with Gasteiger partial charge >= 0.3 is 0 Å². The summed E-state index contributed by atoms with van der Waals surface area (Å²) in [5.41, 5.74) is 0.485. The molecular weight excluding hydrogens is 333 g/mol. The summed E-state index contributed by atoms with van der Waals surface area (Å²) in [6.07, 6.45) is 9.57. The number of halogens is 3. The first-order valence-electron chi connectivity index (χ1n) is 10.5. The van der Waals surface area contributed by atoms with Gasteiger partial charge in [-0.15, -0.1) is 0 Å². The molecule has 0 unspecified atom stereocenters. The van der Waals surface area contributed by atoms with Gasteiger partial charge < -0.3 is 0 Å². The highest BCUT2D eigenvalue weighted by Crippen LogP contribution is 2.41. The van der Waals surface area contributed by atoms with E-state index in [1.165, 1.54) is 38.5 Å². The molecule has 0 heterocycles. The predicted octanol–water partition coefficient (Wildman–Crippen LogP) is 7.95. The van der Waals surface area contributed by atoms with Crippen LogP contribution in [0.1, 0.15) is 100 Å². The molecule has 0 amide bonds. The van der Waals surface area contributed by atoms with Crippen LogP contribution in [0.5, 0.6) is 0 Å². The van der Waals surface area contributed by atoms with Gasteiger partial charge in [0.2, 0.25) is 0 Å². The normalized spacial score (nSPS) is 29.9. The van der Waals surface area contributed by atoms with E-state index in [9.17, 15) is 13.2 Å². The van der Waals surface area contributed by atoms with Gasteiger partial charge in [-0.3, -0.25) is 0 Å². The Hall–Kier alpha value is -0.990. The van der Waals surface area contributed by atoms with E-state index in [4.69, 9.17) is 0 Å². The van der Waals surface area contributed by atoms with E-state index in [0.717, 1.165) is 43.4 Å². The van der Waals surface area contributed by atoms with Crippen molar-refractivity contribution in [3.8, 4) is 0 Å². The van der Waals surface area contributed by atoms with Gasteiger partial charge in [0.05, 0.1) is 5.56 Å². The van der Waals surface area contributed by atoms with E-state index in [-0.39, 0.29) is 5.92 Å². The summed E-state index contributed by atoms with van der Waals surface area (Å²) in [5, 5.41) is 0. The Bertz CT molecular complexity index is 579. The van der Waals surface area contributed by atoms with Crippen LogP contribution < -0.4 is 0 Å². The molecule has 26 heavy (non-hydrogen) atoms. The SMILES string of the molecule is Cc1ccc(C2CCC(CCC3CCC(C)CC3)CC2)c(F)c1C(F)F. The average molecular weight is 367 g/mol. The summed E-state index contributed by atoms with van der Waals surface area (Å²) in [6, 6.07) is 3.40. The molecule has 2 saturated carbocycles. The molecule has 3 heteroatoms. The molecule has 2 aliphatic rings. The fourth-order valence-corrected chi connectivity index (χ4v) is 5.14. The van der Waals surface area contributed by atoms with E-state index in [2.05, 4.69) is 6.92 Å². The monoisotopic (exact) mass is 366 g/mol. The van der Waals surface area contributed by atoms with Crippen molar-refractivity contribution in [2.75, 3.05) is 0 Å². The molecule has 146 valence electrons. The minimum atomic E-state index is -2.73. The van der Waals surface area contributed by atoms with Crippen molar-refractivity contribution in [1.29, 1.82) is 0 Å². The molecule has 2 aliphatic carbocycles. The number of aryl methyl sites for hydroxylation is 1. The molecule has 3 rings (SSSR count). The Kier molecular flexibility index (Phi) is 6.69. The molecular formula is C23H33F3. The summed E-state index contributed by atoms with van der Waals surface area (Å²) in [7, 11) is 0. The fraction of sp³-hybridized carbons (Fsp3) is 0.739. The molecule has 0 saturated heterocycles. The molecule has 0 atom stereocenters. The van der Waals surface area contributed by atoms with Crippen LogP contribution in [0, 0.1) is 30.5 Å². The second kappa shape index (κ2) is 8.80. The third-order valence-corrected chi connectivity index (χ3v) is 7.05. The molecule has 0 spiro atoms. The number of alkyl halides is 2. The first kappa shape index (κ1) is 19.8. The summed E-state index contributed by atoms with van der Waals surface area (Å²) < 4.78 is 40.9. The summed E-state index contributed by atoms with van der Waals surface area (Å²) in [4.78, 5) is 0. The van der Waals surface area contributed by atoms with Crippen molar-refractivity contribution in [1.82, 2.24) is 0 Å². The van der Waals surface area contributed by atoms with Gasteiger partial charge in [0, 0.05) is 0 Å². The number of hydrogen-bond acceptors (Lipinski definition) is 0. The van der Waals surface area contributed by atoms with Crippen molar-refractivity contribution in [2.45, 2.75) is 90.4 Å². The fourth-order valence-electron chi connectivity index (χ4n) is 5.14. The lowest BCUT2D eigenvalue weighted by molar-refractivity contribution is 0.145. The molecule has 0 radical (unpaired) electrons. The second-order valence-corrected chi connectivity index (χ2v) is 8.92. The first-order valence-corrected chi connectivity index (χ1v) is 10.5. The largest absolute Gasteiger partial charge is 0.266 e. The highest BCUT2D eigenvalue weighted by Gasteiger charge is 2.28. The van der Waals surface area contributed by atoms with E-state index >= 15 is 0 Å². The molecule has 1 aromatic carbocycles. The summed E-state index contributed by atoms with van der Waals surface area (Å²) >= 11 is 0. The highest BCUT2D eigenvalue weighted by atomic mass is 19.3. The maximum atomic E-state index is 14.6. The van der Waals surface area contributed by atoms with E-state index in [1.807, 2.05) is 0 Å². The van der Waals surface area contributed by atoms with Crippen molar-refractivity contribution in [2.24, 2.45) is 17.8 Å². The predicted molar refractivity (Wildman–Crippen MR) is 101 cm³/mol. The zero-order valence-corrected chi connectivity index (χ0v) is 16.2. The van der Waals surface area contributed by atoms with Gasteiger partial charge in [-0.05, 0) is 67.4 Å². The molecule has 0 N–H and O–H groups in total. The number of hydrogen-bond donors (Lipinski definition) is 0. The van der Waals surface area contributed by atoms with Crippen molar-refractivity contribution >= 4 is 0 Å². The van der Waals surface area contributed by atoms with Gasteiger partial charge in [0.25, 0.3) is 6.43 Å². The topological polar surface area (TPSA) is 0 Å². The van der Waals surface area contributed by atoms with Gasteiger partial charge in [-0.1, -0.05) is 57.6 Å². The van der Waals surface area contributed by atoms with Crippen molar-refractivity contribution < 1.29 is 13.2 Å². The maximum absolute atomic E-state index is 14.6. The Balaban J connectivity index is 1.52. The Morgan fingerprint density at radius 2 is 1.42 bits per heavy atom. The van der Waals surface area contributed by atoms with Crippen LogP contribution in [-0.4, -0.2) is 0 Å². The van der Waals surface area contributed by atoms with Crippen LogP contribution in [0.15, 0.2) is 12.1 Å². The van der Waals surface area contributed by atoms with Gasteiger partial charge in [0.15, 0.2) is 0 Å². The van der Waals surface area contributed by atoms with Crippen molar-refractivity contribution in [3.63, 3.8) is 0 Å². The quantitative estimate of drug-likeness (QED) is 0.496. The third-order valence-electron chi connectivity index (χ3n) is 7.05. The minimum absolute atomic E-state index is 0.111. The zero-order valence-electron chi connectivity index (χ0n) is 16.2. The maximum Gasteiger partial charge on any atom is 0.266 e. The van der Waals surface area contributed by atoms with E-state index in [0.29, 0.717) is 11.1 Å². The molecule has 0 aliphatic heterocycles. The van der Waals surface area contributed by atoms with Crippen LogP contribution >= 0.6 is 0 Å². The molecule has 0 nitrogen and oxygen atoms in total. The van der Waals surface area contributed by atoms with Crippen LogP contribution in [-0.2, 0) is 0 Å². The summed E-state index contributed by atoms with van der Waals surface area (Å²) in [6.45, 7) is 3.93. The average Bonchev–Trinajstić information content (AvgIpc) is 2.62. The smallest absolute Gasteiger partial charge is 0.206 e. The summed E-state index contributed by atoms with van der Waals surface area (Å²) in [5.74, 6) is 2.02. The molecule has 0 bridgehead atoms. The van der Waals surface area contributed by atoms with Gasteiger partial charge in [0.1, 0.15) is 5.82 Å².